The summed E-state index contributed by atoms with van der Waals surface area (Å²) in [4.78, 5) is 4.70. The first-order chi connectivity index (χ1) is 13.3. The van der Waals surface area contributed by atoms with Gasteiger partial charge in [0.15, 0.2) is 5.11 Å². The molecule has 2 aromatic carbocycles. The number of nitrogens with one attached hydrogen (secondary N) is 1. The highest BCUT2D eigenvalue weighted by Crippen LogP contribution is 2.10. The van der Waals surface area contributed by atoms with Crippen LogP contribution in [0.25, 0.3) is 0 Å². The number of halogens is 1. The van der Waals surface area contributed by atoms with Crippen molar-refractivity contribution in [3.8, 4) is 0 Å². The third-order valence-electron chi connectivity index (χ3n) is 4.75. The number of thiocarbonyl (C=S) groups is 1. The van der Waals surface area contributed by atoms with Gasteiger partial charge in [0.1, 0.15) is 0 Å². The maximum atomic E-state index is 5.72. The molecule has 0 aromatic heterocycles. The average molecular weight is 464 g/mol. The van der Waals surface area contributed by atoms with Crippen LogP contribution in [0.5, 0.6) is 0 Å². The number of morpholine rings is 1. The zero-order chi connectivity index (χ0) is 18.7. The quantitative estimate of drug-likeness (QED) is 0.473. The fraction of sp³-hybridized carbons (Fsp3) is 0.409. The fourth-order valence-electron chi connectivity index (χ4n) is 3.24. The normalized spacial score (nSPS) is 14.1. The van der Waals surface area contributed by atoms with Gasteiger partial charge in [-0.25, -0.2) is 0 Å². The molecule has 0 atom stereocenters. The highest BCUT2D eigenvalue weighted by Gasteiger charge is 2.12. The Labute approximate surface area is 184 Å². The molecule has 0 saturated carbocycles. The molecular formula is C22H30BrN3OS. The summed E-state index contributed by atoms with van der Waals surface area (Å²) in [5.41, 5.74) is 2.54. The maximum absolute atomic E-state index is 5.72. The van der Waals surface area contributed by atoms with E-state index in [4.69, 9.17) is 17.0 Å². The molecule has 0 radical (unpaired) electrons. The van der Waals surface area contributed by atoms with Crippen LogP contribution in [0.1, 0.15) is 17.5 Å². The van der Waals surface area contributed by atoms with Crippen molar-refractivity contribution in [3.05, 3.63) is 71.8 Å². The van der Waals surface area contributed by atoms with Crippen LogP contribution in [0.2, 0.25) is 0 Å². The predicted molar refractivity (Wildman–Crippen MR) is 125 cm³/mol. The van der Waals surface area contributed by atoms with E-state index in [1.165, 1.54) is 11.1 Å². The first-order valence-electron chi connectivity index (χ1n) is 9.72. The minimum atomic E-state index is 0. The van der Waals surface area contributed by atoms with Gasteiger partial charge < -0.3 is 15.0 Å². The Bertz CT molecular complexity index is 639. The summed E-state index contributed by atoms with van der Waals surface area (Å²) in [6.45, 7) is 7.40. The molecular weight excluding hydrogens is 434 g/mol. The van der Waals surface area contributed by atoms with Crippen molar-refractivity contribution in [3.63, 3.8) is 0 Å². The minimum Gasteiger partial charge on any atom is -0.379 e. The van der Waals surface area contributed by atoms with Crippen LogP contribution in [0, 0.1) is 0 Å². The Hall–Kier alpha value is -1.47. The van der Waals surface area contributed by atoms with E-state index in [-0.39, 0.29) is 17.0 Å². The van der Waals surface area contributed by atoms with Crippen molar-refractivity contribution < 1.29 is 4.74 Å². The first kappa shape index (κ1) is 22.8. The second-order valence-corrected chi connectivity index (χ2v) is 7.25. The van der Waals surface area contributed by atoms with Gasteiger partial charge in [0.2, 0.25) is 0 Å². The summed E-state index contributed by atoms with van der Waals surface area (Å²) in [5.74, 6) is 0. The van der Waals surface area contributed by atoms with E-state index >= 15 is 0 Å². The molecule has 0 amide bonds. The van der Waals surface area contributed by atoms with Crippen molar-refractivity contribution in [1.82, 2.24) is 15.1 Å². The van der Waals surface area contributed by atoms with E-state index in [0.717, 1.165) is 64.0 Å². The molecule has 1 aliphatic heterocycles. The lowest BCUT2D eigenvalue weighted by atomic mass is 10.2. The van der Waals surface area contributed by atoms with Crippen LogP contribution in [0.15, 0.2) is 60.7 Å². The van der Waals surface area contributed by atoms with E-state index < -0.39 is 0 Å². The van der Waals surface area contributed by atoms with Gasteiger partial charge in [-0.05, 0) is 36.3 Å². The molecule has 1 fully saturated rings. The highest BCUT2D eigenvalue weighted by molar-refractivity contribution is 8.93. The highest BCUT2D eigenvalue weighted by atomic mass is 79.9. The van der Waals surface area contributed by atoms with Gasteiger partial charge in [-0.2, -0.15) is 0 Å². The van der Waals surface area contributed by atoms with Gasteiger partial charge >= 0.3 is 0 Å². The lowest BCUT2D eigenvalue weighted by molar-refractivity contribution is 0.0376. The van der Waals surface area contributed by atoms with Crippen molar-refractivity contribution in [2.75, 3.05) is 39.4 Å². The zero-order valence-electron chi connectivity index (χ0n) is 16.3. The third kappa shape index (κ3) is 7.87. The molecule has 3 rings (SSSR count). The smallest absolute Gasteiger partial charge is 0.169 e. The van der Waals surface area contributed by atoms with Gasteiger partial charge in [-0.15, -0.1) is 17.0 Å². The lowest BCUT2D eigenvalue weighted by Crippen LogP contribution is -2.41. The SMILES string of the molecule is Br.S=C(NCCCN1CCOCC1)N(Cc1ccccc1)Cc1ccccc1. The molecule has 0 unspecified atom stereocenters. The molecule has 152 valence electrons. The summed E-state index contributed by atoms with van der Waals surface area (Å²) in [7, 11) is 0. The average Bonchev–Trinajstić information content (AvgIpc) is 2.73. The summed E-state index contributed by atoms with van der Waals surface area (Å²) >= 11 is 5.72. The van der Waals surface area contributed by atoms with Gasteiger partial charge in [0.05, 0.1) is 13.2 Å². The number of nitrogens with zero attached hydrogens (tertiary/aromatic N) is 2. The van der Waals surface area contributed by atoms with Gasteiger partial charge in [0.25, 0.3) is 0 Å². The number of hydrogen-bond donors (Lipinski definition) is 1. The predicted octanol–water partition coefficient (Wildman–Crippen LogP) is 3.86. The number of hydrogen-bond acceptors (Lipinski definition) is 3. The van der Waals surface area contributed by atoms with E-state index in [1.807, 2.05) is 12.1 Å². The molecule has 2 aromatic rings. The van der Waals surface area contributed by atoms with E-state index in [9.17, 15) is 0 Å². The molecule has 4 nitrogen and oxygen atoms in total. The topological polar surface area (TPSA) is 27.7 Å². The molecule has 28 heavy (non-hydrogen) atoms. The number of benzene rings is 2. The minimum absolute atomic E-state index is 0. The summed E-state index contributed by atoms with van der Waals surface area (Å²) in [6, 6.07) is 21.0. The summed E-state index contributed by atoms with van der Waals surface area (Å²) in [5, 5.41) is 4.29. The second-order valence-electron chi connectivity index (χ2n) is 6.87. The van der Waals surface area contributed by atoms with Crippen LogP contribution in [0.4, 0.5) is 0 Å². The van der Waals surface area contributed by atoms with Crippen LogP contribution in [0.3, 0.4) is 0 Å². The Morgan fingerprint density at radius 2 is 1.46 bits per heavy atom. The Morgan fingerprint density at radius 3 is 2.00 bits per heavy atom. The largest absolute Gasteiger partial charge is 0.379 e. The first-order valence-corrected chi connectivity index (χ1v) is 10.1. The maximum Gasteiger partial charge on any atom is 0.169 e. The summed E-state index contributed by atoms with van der Waals surface area (Å²) < 4.78 is 5.40. The van der Waals surface area contributed by atoms with Crippen molar-refractivity contribution in [1.29, 1.82) is 0 Å². The molecule has 0 aliphatic carbocycles. The van der Waals surface area contributed by atoms with Gasteiger partial charge in [-0.1, -0.05) is 60.7 Å². The molecule has 1 N–H and O–H groups in total. The fourth-order valence-corrected chi connectivity index (χ4v) is 3.47. The molecule has 1 aliphatic rings. The monoisotopic (exact) mass is 463 g/mol. The molecule has 1 saturated heterocycles. The van der Waals surface area contributed by atoms with Crippen LogP contribution < -0.4 is 5.32 Å². The van der Waals surface area contributed by atoms with E-state index in [2.05, 4.69) is 63.6 Å². The Kier molecular flexibility index (Phi) is 10.5. The third-order valence-corrected chi connectivity index (χ3v) is 5.15. The van der Waals surface area contributed by atoms with Gasteiger partial charge in [-0.3, -0.25) is 4.90 Å². The molecule has 6 heteroatoms. The van der Waals surface area contributed by atoms with Crippen molar-refractivity contribution in [2.45, 2.75) is 19.5 Å². The van der Waals surface area contributed by atoms with E-state index in [1.54, 1.807) is 0 Å². The van der Waals surface area contributed by atoms with Crippen molar-refractivity contribution in [2.24, 2.45) is 0 Å². The van der Waals surface area contributed by atoms with Gasteiger partial charge in [0, 0.05) is 32.7 Å². The second kappa shape index (κ2) is 12.9. The lowest BCUT2D eigenvalue weighted by Gasteiger charge is -2.28. The number of ether oxygens (including phenoxy) is 1. The van der Waals surface area contributed by atoms with Crippen LogP contribution in [-0.4, -0.2) is 54.3 Å². The summed E-state index contributed by atoms with van der Waals surface area (Å²) in [6.07, 6.45) is 1.09. The Balaban J connectivity index is 0.00000280. The van der Waals surface area contributed by atoms with E-state index in [0.29, 0.717) is 0 Å². The standard InChI is InChI=1S/C22H29N3OS.BrH/c27-22(23-12-7-13-24-14-16-26-17-15-24)25(18-20-8-3-1-4-9-20)19-21-10-5-2-6-11-21;/h1-6,8-11H,7,12-19H2,(H,23,27);1H. The van der Waals surface area contributed by atoms with Crippen LogP contribution >= 0.6 is 29.2 Å². The molecule has 0 bridgehead atoms. The molecule has 0 spiro atoms. The van der Waals surface area contributed by atoms with Crippen molar-refractivity contribution >= 4 is 34.3 Å². The Morgan fingerprint density at radius 1 is 0.929 bits per heavy atom. The molecule has 1 heterocycles. The zero-order valence-corrected chi connectivity index (χ0v) is 18.8. The van der Waals surface area contributed by atoms with Crippen LogP contribution in [-0.2, 0) is 17.8 Å². The number of rotatable bonds is 8.